The minimum atomic E-state index is -4.18. The summed E-state index contributed by atoms with van der Waals surface area (Å²) in [5.74, 6) is 0.827. The highest BCUT2D eigenvalue weighted by atomic mass is 31.2. The van der Waals surface area contributed by atoms with Crippen molar-refractivity contribution in [1.29, 1.82) is 0 Å². The van der Waals surface area contributed by atoms with Crippen LogP contribution in [0, 0.1) is 5.92 Å². The predicted molar refractivity (Wildman–Crippen MR) is 124 cm³/mol. The van der Waals surface area contributed by atoms with Crippen molar-refractivity contribution in [3.63, 3.8) is 0 Å². The van der Waals surface area contributed by atoms with Crippen LogP contribution in [0.5, 0.6) is 0 Å². The van der Waals surface area contributed by atoms with E-state index < -0.39 is 13.9 Å². The number of aliphatic hydroxyl groups is 1. The molecule has 0 aromatic carbocycles. The van der Waals surface area contributed by atoms with Crippen LogP contribution in [0.3, 0.4) is 0 Å². The number of rotatable bonds is 23. The van der Waals surface area contributed by atoms with Crippen LogP contribution in [0.4, 0.5) is 0 Å². The molecular formula is C22H48NO7P. The van der Waals surface area contributed by atoms with E-state index in [9.17, 15) is 14.6 Å². The molecule has 0 rings (SSSR count). The summed E-state index contributed by atoms with van der Waals surface area (Å²) >= 11 is 0. The maximum absolute atomic E-state index is 11.5. The Bertz CT molecular complexity index is 440. The third-order valence-corrected chi connectivity index (χ3v) is 6.04. The van der Waals surface area contributed by atoms with Gasteiger partial charge >= 0.3 is 7.82 Å². The number of aliphatic hydroxyl groups excluding tert-OH is 1. The van der Waals surface area contributed by atoms with Gasteiger partial charge in [-0.15, -0.1) is 0 Å². The SMILES string of the molecule is COC(CCCCCCCCCCCC(C)C)COC[C@@H](O)COP(=O)(O)OCCN. The highest BCUT2D eigenvalue weighted by molar-refractivity contribution is 7.47. The van der Waals surface area contributed by atoms with Crippen LogP contribution in [0.2, 0.25) is 0 Å². The van der Waals surface area contributed by atoms with E-state index in [1.54, 1.807) is 7.11 Å². The van der Waals surface area contributed by atoms with Crippen molar-refractivity contribution in [3.05, 3.63) is 0 Å². The molecule has 0 fully saturated rings. The van der Waals surface area contributed by atoms with Gasteiger partial charge in [-0.25, -0.2) is 4.57 Å². The summed E-state index contributed by atoms with van der Waals surface area (Å²) in [5, 5.41) is 9.81. The van der Waals surface area contributed by atoms with Crippen LogP contribution in [-0.2, 0) is 23.1 Å². The number of nitrogens with two attached hydrogens (primary N) is 1. The average Bonchev–Trinajstić information content (AvgIpc) is 2.73. The van der Waals surface area contributed by atoms with Crippen molar-refractivity contribution < 1.29 is 33.1 Å². The van der Waals surface area contributed by atoms with E-state index in [-0.39, 0.29) is 32.5 Å². The first-order valence-corrected chi connectivity index (χ1v) is 13.4. The molecule has 0 aromatic heterocycles. The average molecular weight is 470 g/mol. The lowest BCUT2D eigenvalue weighted by atomic mass is 10.0. The van der Waals surface area contributed by atoms with Crippen molar-refractivity contribution in [2.45, 2.75) is 96.7 Å². The Morgan fingerprint density at radius 2 is 1.39 bits per heavy atom. The molecule has 0 aliphatic heterocycles. The number of methoxy groups -OCH3 is 1. The molecule has 9 heteroatoms. The first-order valence-electron chi connectivity index (χ1n) is 11.9. The van der Waals surface area contributed by atoms with Crippen molar-refractivity contribution in [3.8, 4) is 0 Å². The van der Waals surface area contributed by atoms with Gasteiger partial charge < -0.3 is 25.2 Å². The number of hydrogen-bond acceptors (Lipinski definition) is 7. The van der Waals surface area contributed by atoms with Crippen LogP contribution in [0.15, 0.2) is 0 Å². The number of phosphoric ester groups is 1. The van der Waals surface area contributed by atoms with E-state index in [2.05, 4.69) is 18.4 Å². The molecule has 4 N–H and O–H groups in total. The predicted octanol–water partition coefficient (Wildman–Crippen LogP) is 4.42. The third-order valence-electron chi connectivity index (χ3n) is 5.06. The minimum Gasteiger partial charge on any atom is -0.388 e. The van der Waals surface area contributed by atoms with Gasteiger partial charge in [-0.1, -0.05) is 78.1 Å². The zero-order chi connectivity index (χ0) is 23.4. The molecule has 31 heavy (non-hydrogen) atoms. The van der Waals surface area contributed by atoms with Crippen molar-refractivity contribution in [2.24, 2.45) is 11.7 Å². The fourth-order valence-corrected chi connectivity index (χ4v) is 3.97. The molecule has 0 amide bonds. The zero-order valence-corrected chi connectivity index (χ0v) is 20.9. The van der Waals surface area contributed by atoms with Gasteiger partial charge in [0, 0.05) is 13.7 Å². The molecule has 0 aliphatic rings. The Labute approximate surface area is 189 Å². The fourth-order valence-electron chi connectivity index (χ4n) is 3.20. The molecule has 0 aliphatic carbocycles. The molecule has 8 nitrogen and oxygen atoms in total. The molecule has 0 radical (unpaired) electrons. The second-order valence-electron chi connectivity index (χ2n) is 8.59. The molecule has 0 saturated heterocycles. The monoisotopic (exact) mass is 469 g/mol. The maximum Gasteiger partial charge on any atom is 0.472 e. The van der Waals surface area contributed by atoms with Gasteiger partial charge in [0.15, 0.2) is 0 Å². The van der Waals surface area contributed by atoms with Crippen LogP contribution in [0.1, 0.15) is 84.5 Å². The van der Waals surface area contributed by atoms with Crippen molar-refractivity contribution in [2.75, 3.05) is 40.1 Å². The first kappa shape index (κ1) is 30.9. The second kappa shape index (κ2) is 20.5. The van der Waals surface area contributed by atoms with E-state index in [0.717, 1.165) is 18.8 Å². The quantitative estimate of drug-likeness (QED) is 0.149. The van der Waals surface area contributed by atoms with Gasteiger partial charge in [0.1, 0.15) is 6.10 Å². The number of unbranched alkanes of at least 4 members (excludes halogenated alkanes) is 8. The van der Waals surface area contributed by atoms with Crippen molar-refractivity contribution >= 4 is 7.82 Å². The summed E-state index contributed by atoms with van der Waals surface area (Å²) in [6.07, 6.45) is 12.8. The number of hydrogen-bond donors (Lipinski definition) is 3. The fraction of sp³-hybridized carbons (Fsp3) is 1.00. The summed E-state index contributed by atoms with van der Waals surface area (Å²) in [6.45, 7) is 4.61. The first-order chi connectivity index (χ1) is 14.8. The van der Waals surface area contributed by atoms with Gasteiger partial charge in [-0.05, 0) is 12.3 Å². The number of ether oxygens (including phenoxy) is 2. The third kappa shape index (κ3) is 21.6. The maximum atomic E-state index is 11.5. The topological polar surface area (TPSA) is 120 Å². The van der Waals surface area contributed by atoms with Gasteiger partial charge in [0.05, 0.1) is 32.5 Å². The Hall–Kier alpha value is -0.0500. The molecule has 0 bridgehead atoms. The van der Waals surface area contributed by atoms with E-state index in [4.69, 9.17) is 19.7 Å². The van der Waals surface area contributed by atoms with Crippen LogP contribution in [0.25, 0.3) is 0 Å². The highest BCUT2D eigenvalue weighted by Crippen LogP contribution is 2.42. The second-order valence-corrected chi connectivity index (χ2v) is 10.0. The lowest BCUT2D eigenvalue weighted by Crippen LogP contribution is -2.26. The largest absolute Gasteiger partial charge is 0.472 e. The zero-order valence-electron chi connectivity index (χ0n) is 20.0. The highest BCUT2D eigenvalue weighted by Gasteiger charge is 2.22. The van der Waals surface area contributed by atoms with Gasteiger partial charge in [-0.3, -0.25) is 9.05 Å². The number of phosphoric acid groups is 1. The van der Waals surface area contributed by atoms with E-state index in [0.29, 0.717) is 6.61 Å². The van der Waals surface area contributed by atoms with Crippen LogP contribution >= 0.6 is 7.82 Å². The Balaban J connectivity index is 3.61. The molecule has 0 saturated carbocycles. The van der Waals surface area contributed by atoms with Crippen molar-refractivity contribution in [1.82, 2.24) is 0 Å². The smallest absolute Gasteiger partial charge is 0.388 e. The molecule has 188 valence electrons. The van der Waals surface area contributed by atoms with Gasteiger partial charge in [0.25, 0.3) is 0 Å². The molecule has 0 aromatic rings. The molecule has 3 atom stereocenters. The lowest BCUT2D eigenvalue weighted by molar-refractivity contribution is -0.0386. The summed E-state index contributed by atoms with van der Waals surface area (Å²) < 4.78 is 31.7. The molecular weight excluding hydrogens is 421 g/mol. The van der Waals surface area contributed by atoms with Crippen LogP contribution < -0.4 is 5.73 Å². The molecule has 2 unspecified atom stereocenters. The van der Waals surface area contributed by atoms with E-state index in [1.165, 1.54) is 57.8 Å². The Morgan fingerprint density at radius 3 is 1.90 bits per heavy atom. The standard InChI is InChI=1S/C22H48NO7P/c1-20(2)13-11-9-7-5-4-6-8-10-12-14-22(27-3)19-28-17-21(24)18-30-31(25,26)29-16-15-23/h20-22,24H,4-19,23H2,1-3H3,(H,25,26)/t21-,22?/m1/s1. The normalized spacial score (nSPS) is 15.8. The summed E-state index contributed by atoms with van der Waals surface area (Å²) in [5.41, 5.74) is 5.20. The molecule has 0 spiro atoms. The van der Waals surface area contributed by atoms with E-state index >= 15 is 0 Å². The lowest BCUT2D eigenvalue weighted by Gasteiger charge is -2.18. The minimum absolute atomic E-state index is 0.00603. The Kier molecular flexibility index (Phi) is 20.5. The van der Waals surface area contributed by atoms with Crippen LogP contribution in [-0.4, -0.2) is 62.3 Å². The summed E-state index contributed by atoms with van der Waals surface area (Å²) in [4.78, 5) is 9.37. The molecule has 0 heterocycles. The van der Waals surface area contributed by atoms with Gasteiger partial charge in [-0.2, -0.15) is 0 Å². The Morgan fingerprint density at radius 1 is 0.839 bits per heavy atom. The van der Waals surface area contributed by atoms with E-state index in [1.807, 2.05) is 0 Å². The summed E-state index contributed by atoms with van der Waals surface area (Å²) in [7, 11) is -2.52. The van der Waals surface area contributed by atoms with Gasteiger partial charge in [0.2, 0.25) is 0 Å². The summed E-state index contributed by atoms with van der Waals surface area (Å²) in [6, 6.07) is 0.